The lowest BCUT2D eigenvalue weighted by molar-refractivity contribution is 1.20. The van der Waals surface area contributed by atoms with Crippen LogP contribution in [-0.4, -0.2) is 13.1 Å². The first-order valence-corrected chi connectivity index (χ1v) is 2.97. The van der Waals surface area contributed by atoms with E-state index in [2.05, 4.69) is 0 Å². The Morgan fingerprint density at radius 2 is 1.38 bits per heavy atom. The summed E-state index contributed by atoms with van der Waals surface area (Å²) in [5, 5.41) is 0. The summed E-state index contributed by atoms with van der Waals surface area (Å²) in [7, 11) is 0. The molecular weight excluding hydrogens is 100 g/mol. The van der Waals surface area contributed by atoms with Crippen LogP contribution < -0.4 is 11.5 Å². The maximum absolute atomic E-state index is 5.07. The molecule has 0 rings (SSSR count). The van der Waals surface area contributed by atoms with E-state index in [0.29, 0.717) is 13.1 Å². The third-order valence-corrected chi connectivity index (χ3v) is 0.439. The highest BCUT2D eigenvalue weighted by Crippen LogP contribution is 1.58. The Labute approximate surface area is 53.0 Å². The third-order valence-electron chi connectivity index (χ3n) is 0.439. The zero-order chi connectivity index (χ0) is 6.83. The van der Waals surface area contributed by atoms with Gasteiger partial charge in [-0.05, 0) is 0 Å². The van der Waals surface area contributed by atoms with Crippen molar-refractivity contribution in [2.75, 3.05) is 13.1 Å². The summed E-state index contributed by atoms with van der Waals surface area (Å²) in [5.41, 5.74) is 10.1. The second-order valence-electron chi connectivity index (χ2n) is 0.943. The topological polar surface area (TPSA) is 52.0 Å². The number of hydrogen-bond acceptors (Lipinski definition) is 2. The Hall–Kier alpha value is -0.340. The molecule has 0 saturated heterocycles. The van der Waals surface area contributed by atoms with E-state index in [1.165, 1.54) is 0 Å². The molecule has 0 aromatic heterocycles. The van der Waals surface area contributed by atoms with E-state index in [0.717, 1.165) is 0 Å². The number of rotatable bonds is 2. The maximum Gasteiger partial charge on any atom is 0.0107 e. The van der Waals surface area contributed by atoms with Crippen molar-refractivity contribution in [3.05, 3.63) is 12.2 Å². The van der Waals surface area contributed by atoms with Crippen LogP contribution in [0.3, 0.4) is 0 Å². The average molecular weight is 118 g/mol. The SMILES string of the molecule is CC.NC/C=C/CN.[HH]. The lowest BCUT2D eigenvalue weighted by atomic mass is 10.5. The van der Waals surface area contributed by atoms with Crippen LogP contribution in [0.4, 0.5) is 0 Å². The molecule has 0 aliphatic rings. The van der Waals surface area contributed by atoms with Crippen molar-refractivity contribution >= 4 is 0 Å². The molecule has 0 spiro atoms. The first-order chi connectivity index (χ1) is 3.91. The monoisotopic (exact) mass is 118 g/mol. The van der Waals surface area contributed by atoms with E-state index in [1.54, 1.807) is 0 Å². The van der Waals surface area contributed by atoms with Crippen molar-refractivity contribution in [2.24, 2.45) is 11.5 Å². The molecule has 0 saturated carbocycles. The van der Waals surface area contributed by atoms with Crippen molar-refractivity contribution in [3.63, 3.8) is 0 Å². The molecule has 0 heterocycles. The Kier molecular flexibility index (Phi) is 21.1. The minimum atomic E-state index is 0. The van der Waals surface area contributed by atoms with Crippen LogP contribution in [0.15, 0.2) is 12.2 Å². The molecule has 4 N–H and O–H groups in total. The van der Waals surface area contributed by atoms with Gasteiger partial charge in [0.15, 0.2) is 0 Å². The highest BCUT2D eigenvalue weighted by molar-refractivity contribution is 4.82. The highest BCUT2D eigenvalue weighted by atomic mass is 14.5. The van der Waals surface area contributed by atoms with Gasteiger partial charge in [0.2, 0.25) is 0 Å². The fourth-order valence-electron chi connectivity index (χ4n) is 0.192. The molecule has 0 aromatic carbocycles. The van der Waals surface area contributed by atoms with Crippen molar-refractivity contribution in [3.8, 4) is 0 Å². The Bertz CT molecular complexity index is 40.3. The Morgan fingerprint density at radius 1 is 1.12 bits per heavy atom. The van der Waals surface area contributed by atoms with Crippen LogP contribution in [0, 0.1) is 0 Å². The predicted octanol–water partition coefficient (Wildman–Crippen LogP) is 0.732. The fourth-order valence-corrected chi connectivity index (χ4v) is 0.192. The van der Waals surface area contributed by atoms with Gasteiger partial charge in [-0.1, -0.05) is 26.0 Å². The zero-order valence-electron chi connectivity index (χ0n) is 5.72. The van der Waals surface area contributed by atoms with Crippen LogP contribution >= 0.6 is 0 Å². The quantitative estimate of drug-likeness (QED) is 0.525. The summed E-state index contributed by atoms with van der Waals surface area (Å²) in [6.45, 7) is 5.19. The van der Waals surface area contributed by atoms with Gasteiger partial charge < -0.3 is 11.5 Å². The lowest BCUT2D eigenvalue weighted by Gasteiger charge is -1.74. The minimum Gasteiger partial charge on any atom is -0.327 e. The van der Waals surface area contributed by atoms with Crippen molar-refractivity contribution in [2.45, 2.75) is 13.8 Å². The first kappa shape index (κ1) is 10.6. The summed E-state index contributed by atoms with van der Waals surface area (Å²) < 4.78 is 0. The van der Waals surface area contributed by atoms with Gasteiger partial charge in [-0.15, -0.1) is 0 Å². The van der Waals surface area contributed by atoms with Crippen LogP contribution in [0.25, 0.3) is 0 Å². The number of hydrogen-bond donors (Lipinski definition) is 2. The van der Waals surface area contributed by atoms with Crippen LogP contribution in [0.1, 0.15) is 15.3 Å². The molecule has 0 aliphatic carbocycles. The summed E-state index contributed by atoms with van der Waals surface area (Å²) in [6, 6.07) is 0. The molecular formula is C6H18N2. The highest BCUT2D eigenvalue weighted by Gasteiger charge is 1.59. The van der Waals surface area contributed by atoms with Gasteiger partial charge in [-0.3, -0.25) is 0 Å². The molecule has 0 aromatic rings. The van der Waals surface area contributed by atoms with Crippen molar-refractivity contribution in [1.29, 1.82) is 0 Å². The normalized spacial score (nSPS) is 8.50. The molecule has 0 unspecified atom stereocenters. The van der Waals surface area contributed by atoms with E-state index >= 15 is 0 Å². The molecule has 0 fully saturated rings. The van der Waals surface area contributed by atoms with Crippen LogP contribution in [0.2, 0.25) is 0 Å². The molecule has 0 atom stereocenters. The molecule has 0 bridgehead atoms. The van der Waals surface area contributed by atoms with Crippen LogP contribution in [-0.2, 0) is 0 Å². The second-order valence-corrected chi connectivity index (χ2v) is 0.943. The van der Waals surface area contributed by atoms with E-state index in [1.807, 2.05) is 26.0 Å². The van der Waals surface area contributed by atoms with Gasteiger partial charge in [0.1, 0.15) is 0 Å². The molecule has 0 amide bonds. The van der Waals surface area contributed by atoms with Gasteiger partial charge in [0.25, 0.3) is 0 Å². The van der Waals surface area contributed by atoms with E-state index in [4.69, 9.17) is 11.5 Å². The summed E-state index contributed by atoms with van der Waals surface area (Å²) in [5.74, 6) is 0. The zero-order valence-corrected chi connectivity index (χ0v) is 5.72. The molecule has 2 heteroatoms. The molecule has 0 aliphatic heterocycles. The van der Waals surface area contributed by atoms with Gasteiger partial charge in [-0.25, -0.2) is 0 Å². The third kappa shape index (κ3) is 17.4. The Morgan fingerprint density at radius 3 is 1.50 bits per heavy atom. The van der Waals surface area contributed by atoms with Crippen LogP contribution in [0.5, 0.6) is 0 Å². The van der Waals surface area contributed by atoms with Gasteiger partial charge in [0.05, 0.1) is 0 Å². The Balaban J connectivity index is -0.000000109. The van der Waals surface area contributed by atoms with Crippen molar-refractivity contribution in [1.82, 2.24) is 0 Å². The second kappa shape index (κ2) is 15.9. The van der Waals surface area contributed by atoms with Gasteiger partial charge >= 0.3 is 0 Å². The largest absolute Gasteiger partial charge is 0.327 e. The smallest absolute Gasteiger partial charge is 0.0107 e. The predicted molar refractivity (Wildman–Crippen MR) is 40.7 cm³/mol. The maximum atomic E-state index is 5.07. The first-order valence-electron chi connectivity index (χ1n) is 2.97. The van der Waals surface area contributed by atoms with Crippen molar-refractivity contribution < 1.29 is 1.43 Å². The summed E-state index contributed by atoms with van der Waals surface area (Å²) in [4.78, 5) is 0. The molecule has 2 nitrogen and oxygen atoms in total. The fraction of sp³-hybridized carbons (Fsp3) is 0.667. The lowest BCUT2D eigenvalue weighted by Crippen LogP contribution is -1.97. The molecule has 52 valence electrons. The van der Waals surface area contributed by atoms with Gasteiger partial charge in [-0.2, -0.15) is 0 Å². The van der Waals surface area contributed by atoms with E-state index < -0.39 is 0 Å². The summed E-state index contributed by atoms with van der Waals surface area (Å²) in [6.07, 6.45) is 3.67. The van der Waals surface area contributed by atoms with Gasteiger partial charge in [0, 0.05) is 14.5 Å². The molecule has 8 heavy (non-hydrogen) atoms. The molecule has 0 radical (unpaired) electrons. The summed E-state index contributed by atoms with van der Waals surface area (Å²) >= 11 is 0. The van der Waals surface area contributed by atoms with E-state index in [-0.39, 0.29) is 1.43 Å². The standard InChI is InChI=1S/C4H10N2.C2H6.H2/c5-3-1-2-4-6;1-2;/h1-2H,3-6H2;1-2H3;1H/b2-1+;;. The van der Waals surface area contributed by atoms with E-state index in [9.17, 15) is 0 Å². The minimum absolute atomic E-state index is 0. The number of nitrogens with two attached hydrogens (primary N) is 2. The average Bonchev–Trinajstić information content (AvgIpc) is 1.88.